The van der Waals surface area contributed by atoms with E-state index in [0.717, 1.165) is 24.0 Å². The number of carbonyl (C=O) groups excluding carboxylic acids is 3. The minimum atomic E-state index is -1.18. The molecule has 2 saturated carbocycles. The normalized spacial score (nSPS) is 19.7. The molecule has 9 heteroatoms. The SMILES string of the molecule is NC(NC(=O)C1CC1)c1ccc(-c2ccc(C(=O)N3CCN(C(=O)C4(O)CC4)CC3)cc2)cc1O. The van der Waals surface area contributed by atoms with E-state index in [4.69, 9.17) is 5.73 Å². The van der Waals surface area contributed by atoms with Gasteiger partial charge in [-0.05, 0) is 55.0 Å². The van der Waals surface area contributed by atoms with Gasteiger partial charge in [-0.3, -0.25) is 14.4 Å². The van der Waals surface area contributed by atoms with Gasteiger partial charge >= 0.3 is 0 Å². The summed E-state index contributed by atoms with van der Waals surface area (Å²) in [5.41, 5.74) is 7.45. The minimum Gasteiger partial charge on any atom is -0.508 e. The number of phenols is 1. The Labute approximate surface area is 203 Å². The number of aliphatic hydroxyl groups is 1. The highest BCUT2D eigenvalue weighted by Gasteiger charge is 2.50. The molecule has 3 amide bonds. The Morgan fingerprint density at radius 3 is 2.11 bits per heavy atom. The Morgan fingerprint density at radius 2 is 1.54 bits per heavy atom. The van der Waals surface area contributed by atoms with Gasteiger partial charge in [0.05, 0.1) is 0 Å². The van der Waals surface area contributed by atoms with Crippen molar-refractivity contribution in [3.8, 4) is 16.9 Å². The molecule has 0 radical (unpaired) electrons. The molecule has 1 saturated heterocycles. The zero-order valence-electron chi connectivity index (χ0n) is 19.4. The lowest BCUT2D eigenvalue weighted by molar-refractivity contribution is -0.143. The van der Waals surface area contributed by atoms with E-state index in [1.807, 2.05) is 18.2 Å². The van der Waals surface area contributed by atoms with Gasteiger partial charge < -0.3 is 31.1 Å². The van der Waals surface area contributed by atoms with Crippen LogP contribution in [0.3, 0.4) is 0 Å². The summed E-state index contributed by atoms with van der Waals surface area (Å²) in [5.74, 6) is -0.395. The predicted molar refractivity (Wildman–Crippen MR) is 128 cm³/mol. The summed E-state index contributed by atoms with van der Waals surface area (Å²) >= 11 is 0. The Hall–Kier alpha value is -3.43. The molecule has 35 heavy (non-hydrogen) atoms. The fraction of sp³-hybridized carbons (Fsp3) is 0.423. The molecular weight excluding hydrogens is 448 g/mol. The van der Waals surface area contributed by atoms with Crippen molar-refractivity contribution in [2.24, 2.45) is 11.7 Å². The van der Waals surface area contributed by atoms with E-state index in [0.29, 0.717) is 50.1 Å². The van der Waals surface area contributed by atoms with Crippen LogP contribution in [0.2, 0.25) is 0 Å². The first-order chi connectivity index (χ1) is 16.7. The first-order valence-electron chi connectivity index (χ1n) is 12.1. The number of carbonyl (C=O) groups is 3. The fourth-order valence-corrected chi connectivity index (χ4v) is 4.41. The minimum absolute atomic E-state index is 0.00507. The number of phenolic OH excluding ortho intramolecular Hbond substituents is 1. The van der Waals surface area contributed by atoms with E-state index in [1.165, 1.54) is 0 Å². The molecule has 2 aromatic rings. The standard InChI is InChI=1S/C26H30N4O5/c27-22(28-23(32)17-3-4-17)20-8-7-19(15-21(20)31)16-1-5-18(6-2-16)24(33)29-11-13-30(14-12-29)25(34)26(35)9-10-26/h1-2,5-8,15,17,22,31,35H,3-4,9-14,27H2,(H,28,32). The third kappa shape index (κ3) is 4.87. The molecule has 2 aliphatic carbocycles. The lowest BCUT2D eigenvalue weighted by Gasteiger charge is -2.35. The number of hydrogen-bond donors (Lipinski definition) is 4. The Kier molecular flexibility index (Phi) is 5.98. The van der Waals surface area contributed by atoms with E-state index in [1.54, 1.807) is 34.1 Å². The summed E-state index contributed by atoms with van der Waals surface area (Å²) in [6, 6.07) is 12.2. The molecule has 184 valence electrons. The predicted octanol–water partition coefficient (Wildman–Crippen LogP) is 1.35. The van der Waals surface area contributed by atoms with Gasteiger partial charge in [0.1, 0.15) is 17.5 Å². The molecule has 1 unspecified atom stereocenters. The highest BCUT2D eigenvalue weighted by atomic mass is 16.3. The van der Waals surface area contributed by atoms with Crippen molar-refractivity contribution in [1.82, 2.24) is 15.1 Å². The van der Waals surface area contributed by atoms with Gasteiger partial charge in [0.15, 0.2) is 0 Å². The first-order valence-corrected chi connectivity index (χ1v) is 12.1. The fourth-order valence-electron chi connectivity index (χ4n) is 4.41. The van der Waals surface area contributed by atoms with Gasteiger partial charge in [0.25, 0.3) is 11.8 Å². The third-order valence-electron chi connectivity index (χ3n) is 7.05. The lowest BCUT2D eigenvalue weighted by atomic mass is 10.0. The molecule has 9 nitrogen and oxygen atoms in total. The van der Waals surface area contributed by atoms with Gasteiger partial charge in [-0.1, -0.05) is 24.3 Å². The topological polar surface area (TPSA) is 136 Å². The number of nitrogens with two attached hydrogens (primary N) is 1. The van der Waals surface area contributed by atoms with Gasteiger partial charge in [0, 0.05) is 43.2 Å². The van der Waals surface area contributed by atoms with Crippen LogP contribution in [0, 0.1) is 5.92 Å². The van der Waals surface area contributed by atoms with Crippen molar-refractivity contribution in [3.05, 3.63) is 53.6 Å². The number of piperazine rings is 1. The van der Waals surface area contributed by atoms with Crippen LogP contribution in [0.1, 0.15) is 47.8 Å². The molecule has 1 atom stereocenters. The first kappa shape index (κ1) is 23.3. The molecule has 0 bridgehead atoms. The zero-order valence-corrected chi connectivity index (χ0v) is 19.4. The molecule has 0 aromatic heterocycles. The maximum atomic E-state index is 12.9. The molecule has 0 spiro atoms. The summed E-state index contributed by atoms with van der Waals surface area (Å²) < 4.78 is 0. The lowest BCUT2D eigenvalue weighted by Crippen LogP contribution is -2.53. The van der Waals surface area contributed by atoms with Crippen LogP contribution in [0.25, 0.3) is 11.1 Å². The molecule has 2 aromatic carbocycles. The van der Waals surface area contributed by atoms with E-state index >= 15 is 0 Å². The number of nitrogens with one attached hydrogen (secondary N) is 1. The van der Waals surface area contributed by atoms with Gasteiger partial charge in [-0.15, -0.1) is 0 Å². The molecule has 1 aliphatic heterocycles. The number of hydrogen-bond acceptors (Lipinski definition) is 6. The maximum absolute atomic E-state index is 12.9. The summed E-state index contributed by atoms with van der Waals surface area (Å²) in [5, 5.41) is 23.2. The van der Waals surface area contributed by atoms with Crippen LogP contribution >= 0.6 is 0 Å². The van der Waals surface area contributed by atoms with Crippen molar-refractivity contribution < 1.29 is 24.6 Å². The summed E-state index contributed by atoms with van der Waals surface area (Å²) in [6.07, 6.45) is 2.01. The summed E-state index contributed by atoms with van der Waals surface area (Å²) in [6.45, 7) is 1.68. The molecule has 1 heterocycles. The number of benzene rings is 2. The Balaban J connectivity index is 1.20. The van der Waals surface area contributed by atoms with Crippen LogP contribution < -0.4 is 11.1 Å². The van der Waals surface area contributed by atoms with E-state index in [2.05, 4.69) is 5.32 Å². The molecule has 5 N–H and O–H groups in total. The number of rotatable bonds is 6. The monoisotopic (exact) mass is 478 g/mol. The van der Waals surface area contributed by atoms with E-state index in [9.17, 15) is 24.6 Å². The second kappa shape index (κ2) is 8.98. The highest BCUT2D eigenvalue weighted by Crippen LogP contribution is 2.37. The average Bonchev–Trinajstić information content (AvgIpc) is 3.80. The van der Waals surface area contributed by atoms with Gasteiger partial charge in [0.2, 0.25) is 5.91 Å². The zero-order chi connectivity index (χ0) is 24.7. The number of amides is 3. The van der Waals surface area contributed by atoms with Gasteiger partial charge in [-0.25, -0.2) is 0 Å². The number of aromatic hydroxyl groups is 1. The second-order valence-electron chi connectivity index (χ2n) is 9.73. The molecule has 3 aliphatic rings. The van der Waals surface area contributed by atoms with Crippen molar-refractivity contribution in [3.63, 3.8) is 0 Å². The quantitative estimate of drug-likeness (QED) is 0.463. The van der Waals surface area contributed by atoms with Crippen molar-refractivity contribution in [2.45, 2.75) is 37.5 Å². The Morgan fingerprint density at radius 1 is 0.943 bits per heavy atom. The van der Waals surface area contributed by atoms with E-state index < -0.39 is 11.8 Å². The third-order valence-corrected chi connectivity index (χ3v) is 7.05. The average molecular weight is 479 g/mol. The van der Waals surface area contributed by atoms with Crippen LogP contribution in [0.5, 0.6) is 5.75 Å². The summed E-state index contributed by atoms with van der Waals surface area (Å²) in [4.78, 5) is 40.5. The van der Waals surface area contributed by atoms with Crippen molar-refractivity contribution in [2.75, 3.05) is 26.2 Å². The molecule has 5 rings (SSSR count). The van der Waals surface area contributed by atoms with Crippen LogP contribution in [-0.2, 0) is 9.59 Å². The van der Waals surface area contributed by atoms with Crippen molar-refractivity contribution in [1.29, 1.82) is 0 Å². The molecule has 3 fully saturated rings. The van der Waals surface area contributed by atoms with Gasteiger partial charge in [-0.2, -0.15) is 0 Å². The summed E-state index contributed by atoms with van der Waals surface area (Å²) in [7, 11) is 0. The largest absolute Gasteiger partial charge is 0.508 e. The second-order valence-corrected chi connectivity index (χ2v) is 9.73. The smallest absolute Gasteiger partial charge is 0.254 e. The van der Waals surface area contributed by atoms with E-state index in [-0.39, 0.29) is 29.4 Å². The maximum Gasteiger partial charge on any atom is 0.254 e. The highest BCUT2D eigenvalue weighted by molar-refractivity contribution is 5.95. The number of nitrogens with zero attached hydrogens (tertiary/aromatic N) is 2. The van der Waals surface area contributed by atoms with Crippen molar-refractivity contribution >= 4 is 17.7 Å². The van der Waals surface area contributed by atoms with Crippen LogP contribution in [0.4, 0.5) is 0 Å². The Bertz CT molecular complexity index is 1150. The van der Waals surface area contributed by atoms with Crippen LogP contribution in [0.15, 0.2) is 42.5 Å². The van der Waals surface area contributed by atoms with Crippen LogP contribution in [-0.4, -0.2) is 69.5 Å². The molecular formula is C26H30N4O5.